The van der Waals surface area contributed by atoms with Crippen molar-refractivity contribution in [2.24, 2.45) is 5.73 Å². The lowest BCUT2D eigenvalue weighted by atomic mass is 10.1. The molecule has 2 unspecified atom stereocenters. The molecule has 15 heavy (non-hydrogen) atoms. The van der Waals surface area contributed by atoms with E-state index >= 15 is 0 Å². The number of amides is 1. The summed E-state index contributed by atoms with van der Waals surface area (Å²) in [6.45, 7) is 7.28. The molecule has 0 bridgehead atoms. The summed E-state index contributed by atoms with van der Waals surface area (Å²) >= 11 is 0. The van der Waals surface area contributed by atoms with Crippen LogP contribution in [-0.4, -0.2) is 42.5 Å². The molecular weight excluding hydrogens is 190 g/mol. The van der Waals surface area contributed by atoms with Gasteiger partial charge in [0, 0.05) is 12.6 Å². The number of likely N-dealkylation sites (tertiary alicyclic amines) is 1. The first-order chi connectivity index (χ1) is 7.17. The molecule has 1 amide bonds. The standard InChI is InChI=1S/C11H23N3O/c1-3-10(12)11(15)13-9-6-5-7-14(4-2)8-9/h9-10H,3-8,12H2,1-2H3,(H,13,15). The third-order valence-electron chi connectivity index (χ3n) is 3.08. The van der Waals surface area contributed by atoms with E-state index in [-0.39, 0.29) is 11.9 Å². The highest BCUT2D eigenvalue weighted by atomic mass is 16.2. The summed E-state index contributed by atoms with van der Waals surface area (Å²) in [5.41, 5.74) is 5.68. The molecular formula is C11H23N3O. The van der Waals surface area contributed by atoms with Crippen molar-refractivity contribution in [1.29, 1.82) is 0 Å². The molecule has 0 aromatic carbocycles. The van der Waals surface area contributed by atoms with Gasteiger partial charge in [-0.3, -0.25) is 4.79 Å². The van der Waals surface area contributed by atoms with Crippen LogP contribution in [0, 0.1) is 0 Å². The van der Waals surface area contributed by atoms with Crippen LogP contribution in [0.15, 0.2) is 0 Å². The second kappa shape index (κ2) is 6.08. The predicted octanol–water partition coefficient (Wildman–Crippen LogP) is 0.324. The minimum Gasteiger partial charge on any atom is -0.351 e. The average molecular weight is 213 g/mol. The predicted molar refractivity (Wildman–Crippen MR) is 61.5 cm³/mol. The molecule has 2 atom stereocenters. The van der Waals surface area contributed by atoms with Crippen LogP contribution in [0.2, 0.25) is 0 Å². The fourth-order valence-electron chi connectivity index (χ4n) is 1.95. The van der Waals surface area contributed by atoms with E-state index in [0.29, 0.717) is 12.5 Å². The van der Waals surface area contributed by atoms with Gasteiger partial charge in [-0.15, -0.1) is 0 Å². The molecule has 88 valence electrons. The van der Waals surface area contributed by atoms with E-state index in [0.717, 1.165) is 26.1 Å². The zero-order valence-electron chi connectivity index (χ0n) is 9.83. The van der Waals surface area contributed by atoms with E-state index in [9.17, 15) is 4.79 Å². The fourth-order valence-corrected chi connectivity index (χ4v) is 1.95. The zero-order chi connectivity index (χ0) is 11.3. The third-order valence-corrected chi connectivity index (χ3v) is 3.08. The fraction of sp³-hybridized carbons (Fsp3) is 0.909. The summed E-state index contributed by atoms with van der Waals surface area (Å²) in [5.74, 6) is 0.000420. The molecule has 0 aromatic rings. The molecule has 0 spiro atoms. The van der Waals surface area contributed by atoms with E-state index < -0.39 is 0 Å². The number of hydrogen-bond donors (Lipinski definition) is 2. The first-order valence-corrected chi connectivity index (χ1v) is 5.95. The maximum atomic E-state index is 11.6. The van der Waals surface area contributed by atoms with Crippen LogP contribution in [0.3, 0.4) is 0 Å². The molecule has 0 aliphatic carbocycles. The number of carbonyl (C=O) groups is 1. The van der Waals surface area contributed by atoms with Gasteiger partial charge in [-0.1, -0.05) is 13.8 Å². The molecule has 1 aliphatic rings. The van der Waals surface area contributed by atoms with Gasteiger partial charge in [-0.05, 0) is 32.4 Å². The number of nitrogens with two attached hydrogens (primary N) is 1. The molecule has 4 nitrogen and oxygen atoms in total. The summed E-state index contributed by atoms with van der Waals surface area (Å²) in [5, 5.41) is 3.03. The van der Waals surface area contributed by atoms with Crippen molar-refractivity contribution in [1.82, 2.24) is 10.2 Å². The Balaban J connectivity index is 2.34. The molecule has 1 fully saturated rings. The van der Waals surface area contributed by atoms with Crippen LogP contribution in [0.1, 0.15) is 33.1 Å². The van der Waals surface area contributed by atoms with Crippen LogP contribution in [0.4, 0.5) is 0 Å². The molecule has 0 radical (unpaired) electrons. The third kappa shape index (κ3) is 3.80. The van der Waals surface area contributed by atoms with Crippen LogP contribution in [0.25, 0.3) is 0 Å². The van der Waals surface area contributed by atoms with E-state index in [1.807, 2.05) is 6.92 Å². The molecule has 0 saturated carbocycles. The van der Waals surface area contributed by atoms with E-state index in [4.69, 9.17) is 5.73 Å². The SMILES string of the molecule is CCC(N)C(=O)NC1CCCN(CC)C1. The molecule has 3 N–H and O–H groups in total. The summed E-state index contributed by atoms with van der Waals surface area (Å²) in [6, 6.07) is -0.0502. The largest absolute Gasteiger partial charge is 0.351 e. The Labute approximate surface area is 92.2 Å². The Hall–Kier alpha value is -0.610. The first kappa shape index (κ1) is 12.5. The number of piperidine rings is 1. The van der Waals surface area contributed by atoms with Gasteiger partial charge in [0.05, 0.1) is 6.04 Å². The van der Waals surface area contributed by atoms with Crippen LogP contribution < -0.4 is 11.1 Å². The highest BCUT2D eigenvalue weighted by molar-refractivity contribution is 5.81. The van der Waals surface area contributed by atoms with E-state index in [2.05, 4.69) is 17.1 Å². The van der Waals surface area contributed by atoms with Crippen molar-refractivity contribution < 1.29 is 4.79 Å². The minimum absolute atomic E-state index is 0.000420. The molecule has 1 aliphatic heterocycles. The lowest BCUT2D eigenvalue weighted by Crippen LogP contribution is -2.51. The normalized spacial score (nSPS) is 24.9. The van der Waals surface area contributed by atoms with Gasteiger partial charge in [0.1, 0.15) is 0 Å². The maximum absolute atomic E-state index is 11.6. The highest BCUT2D eigenvalue weighted by Crippen LogP contribution is 2.09. The molecule has 1 saturated heterocycles. The maximum Gasteiger partial charge on any atom is 0.237 e. The zero-order valence-corrected chi connectivity index (χ0v) is 9.83. The van der Waals surface area contributed by atoms with E-state index in [1.165, 1.54) is 6.42 Å². The van der Waals surface area contributed by atoms with Crippen LogP contribution >= 0.6 is 0 Å². The summed E-state index contributed by atoms with van der Waals surface area (Å²) in [4.78, 5) is 13.9. The topological polar surface area (TPSA) is 58.4 Å². The van der Waals surface area contributed by atoms with Crippen molar-refractivity contribution in [2.45, 2.75) is 45.2 Å². The Morgan fingerprint density at radius 2 is 2.33 bits per heavy atom. The number of hydrogen-bond acceptors (Lipinski definition) is 3. The Morgan fingerprint density at radius 3 is 2.93 bits per heavy atom. The van der Waals surface area contributed by atoms with Crippen molar-refractivity contribution >= 4 is 5.91 Å². The Morgan fingerprint density at radius 1 is 1.60 bits per heavy atom. The van der Waals surface area contributed by atoms with Gasteiger partial charge in [0.15, 0.2) is 0 Å². The van der Waals surface area contributed by atoms with Crippen molar-refractivity contribution in [3.8, 4) is 0 Å². The molecule has 0 aromatic heterocycles. The number of carbonyl (C=O) groups excluding carboxylic acids is 1. The highest BCUT2D eigenvalue weighted by Gasteiger charge is 2.21. The second-order valence-electron chi connectivity index (χ2n) is 4.26. The monoisotopic (exact) mass is 213 g/mol. The second-order valence-corrected chi connectivity index (χ2v) is 4.26. The minimum atomic E-state index is -0.345. The summed E-state index contributed by atoms with van der Waals surface area (Å²) in [7, 11) is 0. The summed E-state index contributed by atoms with van der Waals surface area (Å²) < 4.78 is 0. The smallest absolute Gasteiger partial charge is 0.237 e. The number of rotatable bonds is 4. The van der Waals surface area contributed by atoms with Gasteiger partial charge in [0.25, 0.3) is 0 Å². The van der Waals surface area contributed by atoms with Gasteiger partial charge in [-0.25, -0.2) is 0 Å². The van der Waals surface area contributed by atoms with Crippen LogP contribution in [0.5, 0.6) is 0 Å². The molecule has 4 heteroatoms. The average Bonchev–Trinajstić information content (AvgIpc) is 2.28. The number of likely N-dealkylation sites (N-methyl/N-ethyl adjacent to an activating group) is 1. The van der Waals surface area contributed by atoms with Gasteiger partial charge in [0.2, 0.25) is 5.91 Å². The first-order valence-electron chi connectivity index (χ1n) is 5.95. The Kier molecular flexibility index (Phi) is 5.05. The lowest BCUT2D eigenvalue weighted by Gasteiger charge is -2.32. The molecule has 1 heterocycles. The van der Waals surface area contributed by atoms with Crippen molar-refractivity contribution in [3.63, 3.8) is 0 Å². The number of nitrogens with zero attached hydrogens (tertiary/aromatic N) is 1. The molecule has 1 rings (SSSR count). The van der Waals surface area contributed by atoms with Crippen molar-refractivity contribution in [2.75, 3.05) is 19.6 Å². The van der Waals surface area contributed by atoms with Gasteiger partial charge in [-0.2, -0.15) is 0 Å². The summed E-state index contributed by atoms with van der Waals surface area (Å²) in [6.07, 6.45) is 2.95. The van der Waals surface area contributed by atoms with E-state index in [1.54, 1.807) is 0 Å². The van der Waals surface area contributed by atoms with Crippen molar-refractivity contribution in [3.05, 3.63) is 0 Å². The van der Waals surface area contributed by atoms with Gasteiger partial charge >= 0.3 is 0 Å². The lowest BCUT2D eigenvalue weighted by molar-refractivity contribution is -0.123. The quantitative estimate of drug-likeness (QED) is 0.707. The Bertz CT molecular complexity index is 208. The van der Waals surface area contributed by atoms with Gasteiger partial charge < -0.3 is 16.0 Å². The number of nitrogens with one attached hydrogen (secondary N) is 1. The van der Waals surface area contributed by atoms with Crippen LogP contribution in [-0.2, 0) is 4.79 Å².